The van der Waals surface area contributed by atoms with Crippen LogP contribution < -0.4 is 4.90 Å². The van der Waals surface area contributed by atoms with Crippen LogP contribution in [0.4, 0.5) is 5.82 Å². The molecule has 1 saturated heterocycles. The number of thioether (sulfide) groups is 1. The average molecular weight is 238 g/mol. The maximum atomic E-state index is 9.20. The molecule has 1 aliphatic rings. The second kappa shape index (κ2) is 5.06. The van der Waals surface area contributed by atoms with E-state index in [4.69, 9.17) is 0 Å². The Morgan fingerprint density at radius 3 is 3.06 bits per heavy atom. The summed E-state index contributed by atoms with van der Waals surface area (Å²) in [4.78, 5) is 6.90. The fourth-order valence-electron chi connectivity index (χ4n) is 2.03. The first-order valence-electron chi connectivity index (χ1n) is 5.63. The van der Waals surface area contributed by atoms with Crippen LogP contribution in [0.25, 0.3) is 0 Å². The van der Waals surface area contributed by atoms with Gasteiger partial charge in [-0.3, -0.25) is 0 Å². The van der Waals surface area contributed by atoms with E-state index in [1.807, 2.05) is 30.8 Å². The number of anilines is 1. The number of aliphatic hydroxyl groups excluding tert-OH is 1. The number of aliphatic hydroxyl groups is 1. The summed E-state index contributed by atoms with van der Waals surface area (Å²) in [7, 11) is 0. The van der Waals surface area contributed by atoms with Crippen molar-refractivity contribution in [3.63, 3.8) is 0 Å². The second-order valence-corrected chi connectivity index (χ2v) is 5.40. The summed E-state index contributed by atoms with van der Waals surface area (Å²) in [6.45, 7) is 5.35. The van der Waals surface area contributed by atoms with Gasteiger partial charge in [-0.05, 0) is 31.5 Å². The number of pyridine rings is 1. The maximum Gasteiger partial charge on any atom is 0.129 e. The Hall–Kier alpha value is -0.740. The van der Waals surface area contributed by atoms with Crippen molar-refractivity contribution in [3.05, 3.63) is 23.4 Å². The van der Waals surface area contributed by atoms with Gasteiger partial charge >= 0.3 is 0 Å². The fraction of sp³-hybridized carbons (Fsp3) is 0.583. The molecular formula is C12H18N2OS. The van der Waals surface area contributed by atoms with Crippen molar-refractivity contribution < 1.29 is 5.11 Å². The Morgan fingerprint density at radius 1 is 1.56 bits per heavy atom. The van der Waals surface area contributed by atoms with Gasteiger partial charge in [-0.2, -0.15) is 11.8 Å². The fourth-order valence-corrected chi connectivity index (χ4v) is 3.04. The number of rotatable bonds is 2. The first-order chi connectivity index (χ1) is 7.70. The molecule has 1 aromatic heterocycles. The van der Waals surface area contributed by atoms with Gasteiger partial charge in [0.15, 0.2) is 0 Å². The summed E-state index contributed by atoms with van der Waals surface area (Å²) < 4.78 is 0. The molecule has 4 heteroatoms. The molecule has 0 amide bonds. The highest BCUT2D eigenvalue weighted by Crippen LogP contribution is 2.23. The largest absolute Gasteiger partial charge is 0.392 e. The Kier molecular flexibility index (Phi) is 3.71. The topological polar surface area (TPSA) is 36.4 Å². The lowest BCUT2D eigenvalue weighted by Crippen LogP contribution is -2.41. The lowest BCUT2D eigenvalue weighted by atomic mass is 10.2. The number of hydrogen-bond acceptors (Lipinski definition) is 4. The highest BCUT2D eigenvalue weighted by atomic mass is 32.2. The summed E-state index contributed by atoms with van der Waals surface area (Å²) in [5.74, 6) is 3.33. The molecule has 1 unspecified atom stereocenters. The minimum Gasteiger partial charge on any atom is -0.392 e. The molecule has 0 aromatic carbocycles. The summed E-state index contributed by atoms with van der Waals surface area (Å²) in [5, 5.41) is 9.20. The molecule has 1 fully saturated rings. The number of aryl methyl sites for hydroxylation is 1. The molecule has 0 aliphatic carbocycles. The van der Waals surface area contributed by atoms with Gasteiger partial charge in [0.2, 0.25) is 0 Å². The lowest BCUT2D eigenvalue weighted by molar-refractivity contribution is 0.281. The molecule has 1 atom stereocenters. The summed E-state index contributed by atoms with van der Waals surface area (Å²) >= 11 is 2.00. The molecule has 0 bridgehead atoms. The Bertz CT molecular complexity index is 370. The molecule has 88 valence electrons. The molecule has 2 heterocycles. The van der Waals surface area contributed by atoms with Crippen molar-refractivity contribution in [1.82, 2.24) is 4.98 Å². The standard InChI is InChI=1S/C12H18N2OS/c1-9-5-11(7-15)6-12(13-9)14-3-4-16-8-10(14)2/h5-6,10,15H,3-4,7-8H2,1-2H3. The van der Waals surface area contributed by atoms with E-state index in [1.165, 1.54) is 0 Å². The zero-order valence-electron chi connectivity index (χ0n) is 9.81. The van der Waals surface area contributed by atoms with Crippen molar-refractivity contribution in [2.45, 2.75) is 26.5 Å². The van der Waals surface area contributed by atoms with E-state index in [2.05, 4.69) is 16.8 Å². The van der Waals surface area contributed by atoms with E-state index >= 15 is 0 Å². The van der Waals surface area contributed by atoms with Crippen molar-refractivity contribution in [2.24, 2.45) is 0 Å². The van der Waals surface area contributed by atoms with Gasteiger partial charge in [0.1, 0.15) is 5.82 Å². The Labute approximate surface area is 101 Å². The van der Waals surface area contributed by atoms with Gasteiger partial charge in [-0.1, -0.05) is 0 Å². The highest BCUT2D eigenvalue weighted by Gasteiger charge is 2.20. The van der Waals surface area contributed by atoms with E-state index in [1.54, 1.807) is 0 Å². The van der Waals surface area contributed by atoms with Crippen LogP contribution in [0.3, 0.4) is 0 Å². The summed E-state index contributed by atoms with van der Waals surface area (Å²) in [5.41, 5.74) is 1.93. The molecule has 1 N–H and O–H groups in total. The van der Waals surface area contributed by atoms with Crippen LogP contribution in [0, 0.1) is 6.92 Å². The van der Waals surface area contributed by atoms with Gasteiger partial charge < -0.3 is 10.0 Å². The normalized spacial score (nSPS) is 21.2. The molecule has 0 spiro atoms. The lowest BCUT2D eigenvalue weighted by Gasteiger charge is -2.34. The third-order valence-corrected chi connectivity index (χ3v) is 4.03. The van der Waals surface area contributed by atoms with E-state index < -0.39 is 0 Å². The smallest absolute Gasteiger partial charge is 0.129 e. The molecule has 1 aliphatic heterocycles. The van der Waals surface area contributed by atoms with Crippen LogP contribution >= 0.6 is 11.8 Å². The van der Waals surface area contributed by atoms with E-state index in [9.17, 15) is 5.11 Å². The first-order valence-corrected chi connectivity index (χ1v) is 6.79. The Morgan fingerprint density at radius 2 is 2.38 bits per heavy atom. The number of hydrogen-bond donors (Lipinski definition) is 1. The van der Waals surface area contributed by atoms with Crippen LogP contribution in [0.5, 0.6) is 0 Å². The van der Waals surface area contributed by atoms with Crippen LogP contribution in [0.15, 0.2) is 12.1 Å². The van der Waals surface area contributed by atoms with Gasteiger partial charge in [0.05, 0.1) is 6.61 Å². The van der Waals surface area contributed by atoms with Crippen LogP contribution in [0.1, 0.15) is 18.2 Å². The maximum absolute atomic E-state index is 9.20. The zero-order valence-corrected chi connectivity index (χ0v) is 10.6. The van der Waals surface area contributed by atoms with Gasteiger partial charge in [0, 0.05) is 29.8 Å². The monoisotopic (exact) mass is 238 g/mol. The average Bonchev–Trinajstić information content (AvgIpc) is 2.28. The zero-order chi connectivity index (χ0) is 11.5. The first kappa shape index (κ1) is 11.7. The molecule has 2 rings (SSSR count). The van der Waals surface area contributed by atoms with Crippen molar-refractivity contribution >= 4 is 17.6 Å². The third-order valence-electron chi connectivity index (χ3n) is 2.84. The van der Waals surface area contributed by atoms with Gasteiger partial charge in [-0.25, -0.2) is 4.98 Å². The van der Waals surface area contributed by atoms with Gasteiger partial charge in [-0.15, -0.1) is 0 Å². The molecule has 1 aromatic rings. The van der Waals surface area contributed by atoms with E-state index in [0.29, 0.717) is 6.04 Å². The van der Waals surface area contributed by atoms with Gasteiger partial charge in [0.25, 0.3) is 0 Å². The predicted octanol–water partition coefficient (Wildman–Crippen LogP) is 1.82. The van der Waals surface area contributed by atoms with Crippen molar-refractivity contribution in [3.8, 4) is 0 Å². The van der Waals surface area contributed by atoms with Crippen LogP contribution in [0.2, 0.25) is 0 Å². The summed E-state index contributed by atoms with van der Waals surface area (Å²) in [6.07, 6.45) is 0. The molecule has 3 nitrogen and oxygen atoms in total. The second-order valence-electron chi connectivity index (χ2n) is 4.25. The molecule has 16 heavy (non-hydrogen) atoms. The van der Waals surface area contributed by atoms with Crippen LogP contribution in [-0.4, -0.2) is 34.2 Å². The van der Waals surface area contributed by atoms with E-state index in [0.717, 1.165) is 35.1 Å². The number of aromatic nitrogens is 1. The van der Waals surface area contributed by atoms with E-state index in [-0.39, 0.29) is 6.61 Å². The van der Waals surface area contributed by atoms with Crippen molar-refractivity contribution in [2.75, 3.05) is 23.0 Å². The highest BCUT2D eigenvalue weighted by molar-refractivity contribution is 7.99. The summed E-state index contributed by atoms with van der Waals surface area (Å²) in [6, 6.07) is 4.46. The van der Waals surface area contributed by atoms with Crippen LogP contribution in [-0.2, 0) is 6.61 Å². The minimum absolute atomic E-state index is 0.0906. The third kappa shape index (κ3) is 2.50. The Balaban J connectivity index is 2.27. The molecular weight excluding hydrogens is 220 g/mol. The van der Waals surface area contributed by atoms with Crippen molar-refractivity contribution in [1.29, 1.82) is 0 Å². The quantitative estimate of drug-likeness (QED) is 0.852. The minimum atomic E-state index is 0.0906. The molecule has 0 radical (unpaired) electrons. The predicted molar refractivity (Wildman–Crippen MR) is 69.0 cm³/mol. The number of nitrogens with zero attached hydrogens (tertiary/aromatic N) is 2. The SMILES string of the molecule is Cc1cc(CO)cc(N2CCSCC2C)n1. The molecule has 0 saturated carbocycles.